The molecule has 0 aromatic carbocycles. The van der Waals surface area contributed by atoms with Crippen molar-refractivity contribution >= 4 is 0 Å². The van der Waals surface area contributed by atoms with Crippen LogP contribution >= 0.6 is 0 Å². The Balaban J connectivity index is 3.81. The van der Waals surface area contributed by atoms with E-state index in [1.165, 1.54) is 0 Å². The average Bonchev–Trinajstić information content (AvgIpc) is 1.81. The van der Waals surface area contributed by atoms with Gasteiger partial charge in [0, 0.05) is 0 Å². The van der Waals surface area contributed by atoms with Crippen LogP contribution in [-0.4, -0.2) is 23.4 Å². The van der Waals surface area contributed by atoms with E-state index in [4.69, 9.17) is 4.74 Å². The van der Waals surface area contributed by atoms with Gasteiger partial charge in [-0.05, 0) is 32.6 Å². The molecular weight excluding hydrogens is 164 g/mol. The lowest BCUT2D eigenvalue weighted by molar-refractivity contribution is -0.0656. The molecule has 0 saturated carbocycles. The van der Waals surface area contributed by atoms with Crippen molar-refractivity contribution in [3.8, 4) is 0 Å². The summed E-state index contributed by atoms with van der Waals surface area (Å²) in [4.78, 5) is 0. The third-order valence-electron chi connectivity index (χ3n) is 2.03. The SMILES string of the molecule is CC(CC(C)(C)C)OC(C)C(C)O. The first-order valence-electron chi connectivity index (χ1n) is 5.06. The van der Waals surface area contributed by atoms with Gasteiger partial charge in [-0.15, -0.1) is 0 Å². The molecule has 3 unspecified atom stereocenters. The molecule has 2 heteroatoms. The fourth-order valence-electron chi connectivity index (χ4n) is 1.39. The maximum absolute atomic E-state index is 9.24. The monoisotopic (exact) mass is 188 g/mol. The number of rotatable bonds is 4. The Kier molecular flexibility index (Phi) is 4.93. The molecule has 0 fully saturated rings. The first-order chi connectivity index (χ1) is 5.72. The number of ether oxygens (including phenoxy) is 1. The molecule has 0 amide bonds. The molecule has 2 nitrogen and oxygen atoms in total. The van der Waals surface area contributed by atoms with Gasteiger partial charge in [0.1, 0.15) is 0 Å². The van der Waals surface area contributed by atoms with Crippen molar-refractivity contribution in [2.75, 3.05) is 0 Å². The average molecular weight is 188 g/mol. The van der Waals surface area contributed by atoms with Crippen molar-refractivity contribution in [1.29, 1.82) is 0 Å². The molecule has 0 rings (SSSR count). The van der Waals surface area contributed by atoms with Crippen LogP contribution in [0.25, 0.3) is 0 Å². The summed E-state index contributed by atoms with van der Waals surface area (Å²) < 4.78 is 5.64. The molecule has 0 aromatic heterocycles. The van der Waals surface area contributed by atoms with Crippen LogP contribution in [0.5, 0.6) is 0 Å². The highest BCUT2D eigenvalue weighted by molar-refractivity contribution is 4.68. The van der Waals surface area contributed by atoms with E-state index >= 15 is 0 Å². The Bertz CT molecular complexity index is 136. The first-order valence-corrected chi connectivity index (χ1v) is 5.06. The van der Waals surface area contributed by atoms with Crippen LogP contribution < -0.4 is 0 Å². The normalized spacial score (nSPS) is 19.6. The van der Waals surface area contributed by atoms with Gasteiger partial charge in [-0.25, -0.2) is 0 Å². The minimum Gasteiger partial charge on any atom is -0.391 e. The van der Waals surface area contributed by atoms with E-state index < -0.39 is 0 Å². The van der Waals surface area contributed by atoms with Crippen LogP contribution in [0.1, 0.15) is 48.0 Å². The van der Waals surface area contributed by atoms with Crippen LogP contribution in [0.15, 0.2) is 0 Å². The predicted molar refractivity (Wildman–Crippen MR) is 55.8 cm³/mol. The van der Waals surface area contributed by atoms with Gasteiger partial charge in [0.2, 0.25) is 0 Å². The smallest absolute Gasteiger partial charge is 0.0806 e. The van der Waals surface area contributed by atoms with Crippen LogP contribution in [0.3, 0.4) is 0 Å². The van der Waals surface area contributed by atoms with Crippen LogP contribution in [0.4, 0.5) is 0 Å². The van der Waals surface area contributed by atoms with E-state index in [1.54, 1.807) is 6.92 Å². The van der Waals surface area contributed by atoms with Crippen molar-refractivity contribution in [1.82, 2.24) is 0 Å². The number of aliphatic hydroxyl groups excluding tert-OH is 1. The molecule has 0 aliphatic rings. The van der Waals surface area contributed by atoms with Crippen molar-refractivity contribution in [2.24, 2.45) is 5.41 Å². The van der Waals surface area contributed by atoms with Crippen LogP contribution in [0.2, 0.25) is 0 Å². The van der Waals surface area contributed by atoms with Gasteiger partial charge in [0.15, 0.2) is 0 Å². The van der Waals surface area contributed by atoms with Gasteiger partial charge in [-0.1, -0.05) is 20.8 Å². The van der Waals surface area contributed by atoms with E-state index in [1.807, 2.05) is 6.92 Å². The molecule has 3 atom stereocenters. The molecule has 1 N–H and O–H groups in total. The van der Waals surface area contributed by atoms with Gasteiger partial charge in [0.25, 0.3) is 0 Å². The number of hydrogen-bond donors (Lipinski definition) is 1. The van der Waals surface area contributed by atoms with Crippen molar-refractivity contribution in [2.45, 2.75) is 66.3 Å². The van der Waals surface area contributed by atoms with E-state index in [-0.39, 0.29) is 23.7 Å². The van der Waals surface area contributed by atoms with Gasteiger partial charge >= 0.3 is 0 Å². The summed E-state index contributed by atoms with van der Waals surface area (Å²) in [5.74, 6) is 0. The van der Waals surface area contributed by atoms with E-state index in [2.05, 4.69) is 27.7 Å². The van der Waals surface area contributed by atoms with Gasteiger partial charge in [-0.2, -0.15) is 0 Å². The highest BCUT2D eigenvalue weighted by Crippen LogP contribution is 2.22. The highest BCUT2D eigenvalue weighted by Gasteiger charge is 2.19. The maximum Gasteiger partial charge on any atom is 0.0806 e. The van der Waals surface area contributed by atoms with E-state index in [0.29, 0.717) is 0 Å². The summed E-state index contributed by atoms with van der Waals surface area (Å²) in [7, 11) is 0. The third kappa shape index (κ3) is 7.03. The molecule has 13 heavy (non-hydrogen) atoms. The van der Waals surface area contributed by atoms with Gasteiger partial charge in [0.05, 0.1) is 18.3 Å². The zero-order chi connectivity index (χ0) is 10.6. The first kappa shape index (κ1) is 12.9. The van der Waals surface area contributed by atoms with E-state index in [9.17, 15) is 5.11 Å². The fraction of sp³-hybridized carbons (Fsp3) is 1.00. The van der Waals surface area contributed by atoms with Crippen molar-refractivity contribution < 1.29 is 9.84 Å². The van der Waals surface area contributed by atoms with Crippen molar-refractivity contribution in [3.63, 3.8) is 0 Å². The second-order valence-corrected chi connectivity index (χ2v) is 5.16. The maximum atomic E-state index is 9.24. The molecular formula is C11H24O2. The minimum atomic E-state index is -0.387. The number of aliphatic hydroxyl groups is 1. The fourth-order valence-corrected chi connectivity index (χ4v) is 1.39. The predicted octanol–water partition coefficient (Wildman–Crippen LogP) is 2.60. The lowest BCUT2D eigenvalue weighted by Gasteiger charge is -2.27. The molecule has 0 aromatic rings. The summed E-state index contributed by atoms with van der Waals surface area (Å²) in [6, 6.07) is 0. The summed E-state index contributed by atoms with van der Waals surface area (Å²) in [5, 5.41) is 9.24. The highest BCUT2D eigenvalue weighted by atomic mass is 16.5. The Hall–Kier alpha value is -0.0800. The second kappa shape index (κ2) is 4.97. The lowest BCUT2D eigenvalue weighted by Crippen LogP contribution is -2.29. The van der Waals surface area contributed by atoms with Gasteiger partial charge < -0.3 is 9.84 Å². The lowest BCUT2D eigenvalue weighted by atomic mass is 9.89. The minimum absolute atomic E-state index is 0.0719. The largest absolute Gasteiger partial charge is 0.391 e. The zero-order valence-corrected chi connectivity index (χ0v) is 9.79. The summed E-state index contributed by atoms with van der Waals surface area (Å²) in [6.07, 6.45) is 0.772. The quantitative estimate of drug-likeness (QED) is 0.735. The Morgan fingerprint density at radius 3 is 1.92 bits per heavy atom. The topological polar surface area (TPSA) is 29.5 Å². The molecule has 0 spiro atoms. The molecule has 0 bridgehead atoms. The Morgan fingerprint density at radius 1 is 1.15 bits per heavy atom. The third-order valence-corrected chi connectivity index (χ3v) is 2.03. The Morgan fingerprint density at radius 2 is 1.62 bits per heavy atom. The van der Waals surface area contributed by atoms with Crippen LogP contribution in [0, 0.1) is 5.41 Å². The van der Waals surface area contributed by atoms with Crippen molar-refractivity contribution in [3.05, 3.63) is 0 Å². The van der Waals surface area contributed by atoms with Crippen LogP contribution in [-0.2, 0) is 4.74 Å². The Labute approximate surface area is 82.3 Å². The molecule has 0 radical (unpaired) electrons. The second-order valence-electron chi connectivity index (χ2n) is 5.16. The molecule has 0 heterocycles. The van der Waals surface area contributed by atoms with Gasteiger partial charge in [-0.3, -0.25) is 0 Å². The zero-order valence-electron chi connectivity index (χ0n) is 9.79. The summed E-state index contributed by atoms with van der Waals surface area (Å²) >= 11 is 0. The molecule has 80 valence electrons. The molecule has 0 aliphatic carbocycles. The molecule has 0 aliphatic heterocycles. The standard InChI is InChI=1S/C11H24O2/c1-8(7-11(4,5)6)13-10(3)9(2)12/h8-10,12H,7H2,1-6H3. The van der Waals surface area contributed by atoms with E-state index in [0.717, 1.165) is 6.42 Å². The summed E-state index contributed by atoms with van der Waals surface area (Å²) in [5.41, 5.74) is 0.290. The molecule has 0 saturated heterocycles. The number of hydrogen-bond acceptors (Lipinski definition) is 2. The summed E-state index contributed by atoms with van der Waals surface area (Å²) in [6.45, 7) is 12.3.